The number of amides is 1. The highest BCUT2D eigenvalue weighted by Gasteiger charge is 2.14. The van der Waals surface area contributed by atoms with Gasteiger partial charge in [-0.05, 0) is 19.4 Å². The molecule has 0 aliphatic carbocycles. The topological polar surface area (TPSA) is 58.1 Å². The SMILES string of the molecule is CCN(CC)C(=O)CCNc1ncnc2scc(-c3ccccc3)c12. The lowest BCUT2D eigenvalue weighted by molar-refractivity contribution is -0.130. The fraction of sp³-hybridized carbons (Fsp3) is 0.316. The zero-order valence-corrected chi connectivity index (χ0v) is 15.3. The van der Waals surface area contributed by atoms with E-state index in [0.29, 0.717) is 13.0 Å². The molecule has 0 saturated heterocycles. The van der Waals surface area contributed by atoms with Crippen molar-refractivity contribution in [2.24, 2.45) is 0 Å². The Labute approximate surface area is 151 Å². The summed E-state index contributed by atoms with van der Waals surface area (Å²) in [5.74, 6) is 0.953. The van der Waals surface area contributed by atoms with E-state index in [2.05, 4.69) is 32.8 Å². The van der Waals surface area contributed by atoms with Crippen molar-refractivity contribution >= 4 is 33.3 Å². The molecule has 5 nitrogen and oxygen atoms in total. The van der Waals surface area contributed by atoms with Gasteiger partial charge in [0.1, 0.15) is 17.0 Å². The van der Waals surface area contributed by atoms with Gasteiger partial charge in [0.15, 0.2) is 0 Å². The minimum absolute atomic E-state index is 0.163. The Hall–Kier alpha value is -2.47. The van der Waals surface area contributed by atoms with E-state index >= 15 is 0 Å². The lowest BCUT2D eigenvalue weighted by atomic mass is 10.1. The van der Waals surface area contributed by atoms with Gasteiger partial charge >= 0.3 is 0 Å². The lowest BCUT2D eigenvalue weighted by Gasteiger charge is -2.18. The highest BCUT2D eigenvalue weighted by atomic mass is 32.1. The third kappa shape index (κ3) is 3.79. The van der Waals surface area contributed by atoms with Crippen LogP contribution in [0.5, 0.6) is 0 Å². The number of fused-ring (bicyclic) bond motifs is 1. The van der Waals surface area contributed by atoms with Gasteiger partial charge < -0.3 is 10.2 Å². The predicted octanol–water partition coefficient (Wildman–Crippen LogP) is 4.03. The average molecular weight is 354 g/mol. The van der Waals surface area contributed by atoms with Crippen LogP contribution in [-0.4, -0.2) is 40.4 Å². The van der Waals surface area contributed by atoms with Crippen LogP contribution in [-0.2, 0) is 4.79 Å². The summed E-state index contributed by atoms with van der Waals surface area (Å²) < 4.78 is 0. The number of carbonyl (C=O) groups excluding carboxylic acids is 1. The van der Waals surface area contributed by atoms with Crippen molar-refractivity contribution in [2.75, 3.05) is 25.0 Å². The van der Waals surface area contributed by atoms with Gasteiger partial charge in [0, 0.05) is 37.0 Å². The molecule has 0 aliphatic heterocycles. The van der Waals surface area contributed by atoms with Gasteiger partial charge in [-0.2, -0.15) is 0 Å². The standard InChI is InChI=1S/C19H22N4OS/c1-3-23(4-2)16(24)10-11-20-18-17-15(14-8-6-5-7-9-14)12-25-19(17)22-13-21-18/h5-9,12-13H,3-4,10-11H2,1-2H3,(H,20,21,22). The molecule has 6 heteroatoms. The first-order valence-corrected chi connectivity index (χ1v) is 9.41. The molecule has 0 radical (unpaired) electrons. The maximum atomic E-state index is 12.2. The summed E-state index contributed by atoms with van der Waals surface area (Å²) in [7, 11) is 0. The summed E-state index contributed by atoms with van der Waals surface area (Å²) in [5.41, 5.74) is 2.27. The molecule has 3 aromatic rings. The van der Waals surface area contributed by atoms with E-state index in [1.54, 1.807) is 17.7 Å². The molecule has 1 amide bonds. The number of hydrogen-bond acceptors (Lipinski definition) is 5. The summed E-state index contributed by atoms with van der Waals surface area (Å²) in [6.45, 7) is 6.05. The molecule has 130 valence electrons. The first kappa shape index (κ1) is 17.4. The van der Waals surface area contributed by atoms with Gasteiger partial charge in [-0.25, -0.2) is 9.97 Å². The van der Waals surface area contributed by atoms with Crippen molar-refractivity contribution in [2.45, 2.75) is 20.3 Å². The molecule has 0 aliphatic rings. The Morgan fingerprint density at radius 1 is 1.16 bits per heavy atom. The largest absolute Gasteiger partial charge is 0.369 e. The molecule has 1 N–H and O–H groups in total. The monoisotopic (exact) mass is 354 g/mol. The number of thiophene rings is 1. The van der Waals surface area contributed by atoms with Crippen molar-refractivity contribution in [3.63, 3.8) is 0 Å². The van der Waals surface area contributed by atoms with Crippen LogP contribution >= 0.6 is 11.3 Å². The van der Waals surface area contributed by atoms with Gasteiger partial charge in [0.05, 0.1) is 5.39 Å². The van der Waals surface area contributed by atoms with Gasteiger partial charge in [-0.3, -0.25) is 4.79 Å². The van der Waals surface area contributed by atoms with Gasteiger partial charge in [0.2, 0.25) is 5.91 Å². The molecule has 0 atom stereocenters. The van der Waals surface area contributed by atoms with E-state index in [9.17, 15) is 4.79 Å². The van der Waals surface area contributed by atoms with Crippen LogP contribution in [0.2, 0.25) is 0 Å². The van der Waals surface area contributed by atoms with E-state index < -0.39 is 0 Å². The van der Waals surface area contributed by atoms with Crippen LogP contribution in [0.1, 0.15) is 20.3 Å². The van der Waals surface area contributed by atoms with Gasteiger partial charge in [-0.1, -0.05) is 30.3 Å². The zero-order chi connectivity index (χ0) is 17.6. The van der Waals surface area contributed by atoms with Gasteiger partial charge in [0.25, 0.3) is 0 Å². The first-order chi connectivity index (χ1) is 12.2. The van der Waals surface area contributed by atoms with E-state index in [-0.39, 0.29) is 5.91 Å². The average Bonchev–Trinajstić information content (AvgIpc) is 3.08. The molecule has 0 saturated carbocycles. The molecular formula is C19H22N4OS. The Kier molecular flexibility index (Phi) is 5.60. The van der Waals surface area contributed by atoms with Crippen LogP contribution in [0.4, 0.5) is 5.82 Å². The number of benzene rings is 1. The van der Waals surface area contributed by atoms with Crippen molar-refractivity contribution < 1.29 is 4.79 Å². The predicted molar refractivity (Wildman–Crippen MR) is 104 cm³/mol. The Morgan fingerprint density at radius 3 is 2.64 bits per heavy atom. The molecule has 0 bridgehead atoms. The second-order valence-corrected chi connectivity index (χ2v) is 6.52. The molecule has 0 unspecified atom stereocenters. The van der Waals surface area contributed by atoms with Crippen LogP contribution in [0.15, 0.2) is 42.0 Å². The molecule has 25 heavy (non-hydrogen) atoms. The number of nitrogens with zero attached hydrogens (tertiary/aromatic N) is 3. The molecule has 2 aromatic heterocycles. The second-order valence-electron chi connectivity index (χ2n) is 5.66. The number of rotatable bonds is 7. The van der Waals surface area contributed by atoms with E-state index in [4.69, 9.17) is 0 Å². The third-order valence-electron chi connectivity index (χ3n) is 4.20. The van der Waals surface area contributed by atoms with Crippen LogP contribution < -0.4 is 5.32 Å². The molecule has 1 aromatic carbocycles. The highest BCUT2D eigenvalue weighted by Crippen LogP contribution is 2.36. The molecule has 2 heterocycles. The molecular weight excluding hydrogens is 332 g/mol. The summed E-state index contributed by atoms with van der Waals surface area (Å²) in [5, 5.41) is 6.46. The maximum absolute atomic E-state index is 12.2. The minimum atomic E-state index is 0.163. The zero-order valence-electron chi connectivity index (χ0n) is 14.5. The number of carbonyl (C=O) groups is 1. The maximum Gasteiger partial charge on any atom is 0.224 e. The summed E-state index contributed by atoms with van der Waals surface area (Å²) in [4.78, 5) is 23.7. The normalized spacial score (nSPS) is 10.8. The van der Waals surface area contributed by atoms with Gasteiger partial charge in [-0.15, -0.1) is 11.3 Å². The van der Waals surface area contributed by atoms with Crippen molar-refractivity contribution in [3.8, 4) is 11.1 Å². The van der Waals surface area contributed by atoms with E-state index in [1.165, 1.54) is 0 Å². The summed E-state index contributed by atoms with van der Waals surface area (Å²) in [6, 6.07) is 10.2. The molecule has 0 fully saturated rings. The number of anilines is 1. The number of nitrogens with one attached hydrogen (secondary N) is 1. The van der Waals surface area contributed by atoms with Crippen LogP contribution in [0, 0.1) is 0 Å². The highest BCUT2D eigenvalue weighted by molar-refractivity contribution is 7.17. The number of aromatic nitrogens is 2. The fourth-order valence-electron chi connectivity index (χ4n) is 2.86. The van der Waals surface area contributed by atoms with Crippen molar-refractivity contribution in [1.29, 1.82) is 0 Å². The third-order valence-corrected chi connectivity index (χ3v) is 5.09. The Bertz CT molecular complexity index is 843. The minimum Gasteiger partial charge on any atom is -0.369 e. The molecule has 0 spiro atoms. The van der Waals surface area contributed by atoms with Crippen molar-refractivity contribution in [1.82, 2.24) is 14.9 Å². The Balaban J connectivity index is 1.80. The fourth-order valence-corrected chi connectivity index (χ4v) is 3.78. The second kappa shape index (κ2) is 8.07. The lowest BCUT2D eigenvalue weighted by Crippen LogP contribution is -2.31. The smallest absolute Gasteiger partial charge is 0.224 e. The first-order valence-electron chi connectivity index (χ1n) is 8.53. The van der Waals surface area contributed by atoms with E-state index in [0.717, 1.165) is 40.3 Å². The Morgan fingerprint density at radius 2 is 1.92 bits per heavy atom. The van der Waals surface area contributed by atoms with Crippen LogP contribution in [0.25, 0.3) is 21.3 Å². The quantitative estimate of drug-likeness (QED) is 0.696. The van der Waals surface area contributed by atoms with Crippen molar-refractivity contribution in [3.05, 3.63) is 42.0 Å². The molecule has 3 rings (SSSR count). The van der Waals surface area contributed by atoms with E-state index in [1.807, 2.05) is 36.9 Å². The number of hydrogen-bond donors (Lipinski definition) is 1. The van der Waals surface area contributed by atoms with Crippen LogP contribution in [0.3, 0.4) is 0 Å². The summed E-state index contributed by atoms with van der Waals surface area (Å²) >= 11 is 1.61. The summed E-state index contributed by atoms with van der Waals surface area (Å²) in [6.07, 6.45) is 2.03.